The van der Waals surface area contributed by atoms with Crippen LogP contribution in [0.5, 0.6) is 0 Å². The summed E-state index contributed by atoms with van der Waals surface area (Å²) in [7, 11) is 0. The summed E-state index contributed by atoms with van der Waals surface area (Å²) in [4.78, 5) is 26.8. The van der Waals surface area contributed by atoms with Crippen LogP contribution in [0.2, 0.25) is 15.1 Å². The van der Waals surface area contributed by atoms with Crippen LogP contribution in [-0.4, -0.2) is 10.5 Å². The van der Waals surface area contributed by atoms with E-state index in [0.717, 1.165) is 11.3 Å². The molecule has 0 radical (unpaired) electrons. The Labute approximate surface area is 241 Å². The minimum atomic E-state index is -0.724. The molecular weight excluding hydrogens is 577 g/mol. The summed E-state index contributed by atoms with van der Waals surface area (Å²) in [6.07, 6.45) is 1.57. The number of amides is 1. The number of carbonyl (C=O) groups excluding carboxylic acids is 1. The molecule has 1 N–H and O–H groups in total. The lowest BCUT2D eigenvalue weighted by Gasteiger charge is -2.07. The number of hydrogen-bond donors (Lipinski definition) is 1. The van der Waals surface area contributed by atoms with Gasteiger partial charge in [-0.25, -0.2) is 0 Å². The molecule has 5 rings (SSSR count). The molecule has 39 heavy (non-hydrogen) atoms. The van der Waals surface area contributed by atoms with Gasteiger partial charge in [-0.1, -0.05) is 65.1 Å². The third-order valence-corrected chi connectivity index (χ3v) is 7.58. The van der Waals surface area contributed by atoms with Crippen LogP contribution in [0, 0.1) is 11.3 Å². The van der Waals surface area contributed by atoms with Crippen molar-refractivity contribution in [1.82, 2.24) is 4.57 Å². The average molecular weight is 593 g/mol. The quantitative estimate of drug-likeness (QED) is 0.261. The van der Waals surface area contributed by atoms with E-state index in [4.69, 9.17) is 39.2 Å². The first-order valence-corrected chi connectivity index (χ1v) is 13.4. The molecular formula is C29H16Cl3N3O3S. The monoisotopic (exact) mass is 591 g/mol. The first-order valence-electron chi connectivity index (χ1n) is 11.4. The van der Waals surface area contributed by atoms with Crippen molar-refractivity contribution in [1.29, 1.82) is 5.26 Å². The summed E-state index contributed by atoms with van der Waals surface area (Å²) >= 11 is 19.4. The van der Waals surface area contributed by atoms with Crippen LogP contribution in [0.15, 0.2) is 94.1 Å². The molecule has 6 nitrogen and oxygen atoms in total. The molecule has 0 fully saturated rings. The highest BCUT2D eigenvalue weighted by Gasteiger charge is 2.18. The molecule has 2 aromatic heterocycles. The number of thiazole rings is 1. The number of carbonyl (C=O) groups is 1. The first-order chi connectivity index (χ1) is 18.9. The van der Waals surface area contributed by atoms with E-state index in [-0.39, 0.29) is 25.5 Å². The van der Waals surface area contributed by atoms with Crippen LogP contribution < -0.4 is 20.1 Å². The zero-order chi connectivity index (χ0) is 27.5. The van der Waals surface area contributed by atoms with Crippen molar-refractivity contribution in [3.63, 3.8) is 0 Å². The SMILES string of the molecule is N#C/C(C(=O)Nc1ccc(Cl)cc1Cl)=c1/s/c(=C/c2ccc(-c3ccccc3Cl)o2)c(=O)n1-c1ccccc1. The average Bonchev–Trinajstić information content (AvgIpc) is 3.51. The van der Waals surface area contributed by atoms with Gasteiger partial charge in [0.1, 0.15) is 22.3 Å². The van der Waals surface area contributed by atoms with E-state index in [1.807, 2.05) is 24.3 Å². The zero-order valence-electron chi connectivity index (χ0n) is 19.8. The van der Waals surface area contributed by atoms with E-state index < -0.39 is 11.5 Å². The number of aromatic nitrogens is 1. The number of nitriles is 1. The van der Waals surface area contributed by atoms with E-state index in [2.05, 4.69) is 5.32 Å². The van der Waals surface area contributed by atoms with Gasteiger partial charge in [0.25, 0.3) is 11.5 Å². The Morgan fingerprint density at radius 1 is 0.949 bits per heavy atom. The maximum atomic E-state index is 13.6. The van der Waals surface area contributed by atoms with Gasteiger partial charge in [0.2, 0.25) is 0 Å². The molecule has 2 heterocycles. The third kappa shape index (κ3) is 5.56. The number of para-hydroxylation sites is 1. The fraction of sp³-hybridized carbons (Fsp3) is 0. The Bertz CT molecular complexity index is 1940. The Morgan fingerprint density at radius 3 is 2.41 bits per heavy atom. The van der Waals surface area contributed by atoms with E-state index in [0.29, 0.717) is 32.8 Å². The summed E-state index contributed by atoms with van der Waals surface area (Å²) in [6, 6.07) is 26.0. The summed E-state index contributed by atoms with van der Waals surface area (Å²) in [5.74, 6) is 0.222. The van der Waals surface area contributed by atoms with Crippen molar-refractivity contribution < 1.29 is 9.21 Å². The third-order valence-electron chi connectivity index (χ3n) is 5.61. The van der Waals surface area contributed by atoms with E-state index in [1.165, 1.54) is 16.7 Å². The Kier molecular flexibility index (Phi) is 7.73. The van der Waals surface area contributed by atoms with Crippen molar-refractivity contribution in [2.75, 3.05) is 5.32 Å². The number of anilines is 1. The largest absolute Gasteiger partial charge is 0.457 e. The minimum absolute atomic E-state index is 0.153. The zero-order valence-corrected chi connectivity index (χ0v) is 22.9. The number of hydrogen-bond acceptors (Lipinski definition) is 5. The predicted octanol–water partition coefficient (Wildman–Crippen LogP) is 6.26. The predicted molar refractivity (Wildman–Crippen MR) is 156 cm³/mol. The Balaban J connectivity index is 1.67. The van der Waals surface area contributed by atoms with Gasteiger partial charge < -0.3 is 9.73 Å². The number of nitrogens with zero attached hydrogens (tertiary/aromatic N) is 2. The second-order valence-corrected chi connectivity index (χ2v) is 10.4. The lowest BCUT2D eigenvalue weighted by Crippen LogP contribution is -2.32. The number of halogens is 3. The molecule has 0 aliphatic rings. The van der Waals surface area contributed by atoms with Gasteiger partial charge >= 0.3 is 0 Å². The lowest BCUT2D eigenvalue weighted by molar-refractivity contribution is -0.111. The highest BCUT2D eigenvalue weighted by Crippen LogP contribution is 2.29. The highest BCUT2D eigenvalue weighted by molar-refractivity contribution is 7.07. The molecule has 0 spiro atoms. The van der Waals surface area contributed by atoms with Gasteiger partial charge in [-0.15, -0.1) is 11.3 Å². The van der Waals surface area contributed by atoms with E-state index in [9.17, 15) is 14.9 Å². The van der Waals surface area contributed by atoms with Crippen LogP contribution in [0.3, 0.4) is 0 Å². The van der Waals surface area contributed by atoms with Crippen molar-refractivity contribution >= 4 is 69.4 Å². The summed E-state index contributed by atoms with van der Waals surface area (Å²) in [5, 5.41) is 13.8. The van der Waals surface area contributed by atoms with Gasteiger partial charge in [-0.2, -0.15) is 5.26 Å². The number of furan rings is 1. The molecule has 0 unspecified atom stereocenters. The van der Waals surface area contributed by atoms with Crippen molar-refractivity contribution in [2.45, 2.75) is 0 Å². The van der Waals surface area contributed by atoms with Crippen molar-refractivity contribution in [3.05, 3.63) is 125 Å². The fourth-order valence-corrected chi connectivity index (χ4v) is 5.56. The summed E-state index contributed by atoms with van der Waals surface area (Å²) in [6.45, 7) is 0. The van der Waals surface area contributed by atoms with Gasteiger partial charge in [0, 0.05) is 16.7 Å². The topological polar surface area (TPSA) is 88.0 Å². The Morgan fingerprint density at radius 2 is 1.69 bits per heavy atom. The standard InChI is InChI=1S/C29H16Cl3N3O3S/c30-17-10-12-24(23(32)14-17)34-27(36)21(16-33)29-35(18-6-2-1-3-7-18)28(37)26(39-29)15-19-11-13-25(38-19)20-8-4-5-9-22(20)31/h1-15H,(H,34,36)/b26-15+,29-21-. The molecule has 10 heteroatoms. The summed E-state index contributed by atoms with van der Waals surface area (Å²) in [5.41, 5.74) is 0.808. The lowest BCUT2D eigenvalue weighted by atomic mass is 10.2. The molecule has 0 aliphatic heterocycles. The second kappa shape index (κ2) is 11.4. The minimum Gasteiger partial charge on any atom is -0.457 e. The molecule has 0 saturated carbocycles. The second-order valence-electron chi connectivity index (χ2n) is 8.14. The van der Waals surface area contributed by atoms with Crippen LogP contribution in [-0.2, 0) is 4.79 Å². The highest BCUT2D eigenvalue weighted by atomic mass is 35.5. The van der Waals surface area contributed by atoms with E-state index >= 15 is 0 Å². The normalized spacial score (nSPS) is 12.2. The number of benzene rings is 3. The number of rotatable bonds is 5. The van der Waals surface area contributed by atoms with Crippen molar-refractivity contribution in [3.8, 4) is 23.1 Å². The first kappa shape index (κ1) is 26.5. The van der Waals surface area contributed by atoms with Crippen LogP contribution in [0.1, 0.15) is 5.76 Å². The van der Waals surface area contributed by atoms with Crippen LogP contribution in [0.4, 0.5) is 5.69 Å². The number of nitrogens with one attached hydrogen (secondary N) is 1. The van der Waals surface area contributed by atoms with Crippen molar-refractivity contribution in [2.24, 2.45) is 0 Å². The van der Waals surface area contributed by atoms with Gasteiger partial charge in [0.05, 0.1) is 26.0 Å². The summed E-state index contributed by atoms with van der Waals surface area (Å²) < 4.78 is 7.69. The molecule has 0 aliphatic carbocycles. The van der Waals surface area contributed by atoms with Gasteiger partial charge in [0.15, 0.2) is 5.57 Å². The van der Waals surface area contributed by atoms with Gasteiger partial charge in [-0.3, -0.25) is 14.2 Å². The smallest absolute Gasteiger partial charge is 0.273 e. The molecule has 3 aromatic carbocycles. The fourth-order valence-electron chi connectivity index (χ4n) is 3.80. The molecule has 1 amide bonds. The van der Waals surface area contributed by atoms with Gasteiger partial charge in [-0.05, 0) is 54.6 Å². The van der Waals surface area contributed by atoms with Crippen LogP contribution in [0.25, 0.3) is 28.7 Å². The molecule has 192 valence electrons. The van der Waals surface area contributed by atoms with Crippen LogP contribution >= 0.6 is 46.1 Å². The molecule has 5 aromatic rings. The molecule has 0 bridgehead atoms. The molecule has 0 saturated heterocycles. The van der Waals surface area contributed by atoms with E-state index in [1.54, 1.807) is 60.7 Å². The maximum Gasteiger partial charge on any atom is 0.273 e. The molecule has 0 atom stereocenters. The maximum absolute atomic E-state index is 13.6. The Hall–Kier alpha value is -4.06.